The molecule has 0 N–H and O–H groups in total. The van der Waals surface area contributed by atoms with E-state index in [2.05, 4.69) is 4.98 Å². The maximum atomic E-state index is 12.0. The molecule has 0 atom stereocenters. The number of carbonyl (C=O) groups is 2. The van der Waals surface area contributed by atoms with Gasteiger partial charge in [0.15, 0.2) is 0 Å². The zero-order chi connectivity index (χ0) is 11.5. The van der Waals surface area contributed by atoms with E-state index in [-0.39, 0.29) is 11.7 Å². The van der Waals surface area contributed by atoms with Gasteiger partial charge in [-0.15, -0.1) is 0 Å². The van der Waals surface area contributed by atoms with Gasteiger partial charge in [0.2, 0.25) is 0 Å². The summed E-state index contributed by atoms with van der Waals surface area (Å²) in [6.45, 7) is 0.965. The second-order valence-corrected chi connectivity index (χ2v) is 4.09. The van der Waals surface area contributed by atoms with E-state index in [4.69, 9.17) is 11.6 Å². The number of piperidine rings is 1. The first-order valence-electron chi connectivity index (χ1n) is 5.09. The highest BCUT2D eigenvalue weighted by molar-refractivity contribution is 6.33. The molecule has 5 heteroatoms. The van der Waals surface area contributed by atoms with Gasteiger partial charge in [0, 0.05) is 38.3 Å². The Balaban J connectivity index is 2.14. The minimum atomic E-state index is -0.125. The van der Waals surface area contributed by atoms with Crippen LogP contribution in [0.5, 0.6) is 0 Å². The van der Waals surface area contributed by atoms with Crippen molar-refractivity contribution in [2.45, 2.75) is 12.8 Å². The molecule has 0 aromatic carbocycles. The predicted molar refractivity (Wildman–Crippen MR) is 59.4 cm³/mol. The molecule has 84 valence electrons. The van der Waals surface area contributed by atoms with Crippen molar-refractivity contribution in [2.24, 2.45) is 0 Å². The third kappa shape index (κ3) is 2.22. The molecule has 0 bridgehead atoms. The Kier molecular flexibility index (Phi) is 3.19. The molecule has 0 aliphatic carbocycles. The van der Waals surface area contributed by atoms with Crippen LogP contribution >= 0.6 is 11.6 Å². The van der Waals surface area contributed by atoms with Crippen molar-refractivity contribution in [3.63, 3.8) is 0 Å². The Hall–Kier alpha value is -1.42. The van der Waals surface area contributed by atoms with Crippen molar-refractivity contribution >= 4 is 23.3 Å². The molecule has 1 aromatic rings. The largest absolute Gasteiger partial charge is 0.338 e. The number of ketones is 1. The van der Waals surface area contributed by atoms with E-state index in [0.29, 0.717) is 36.5 Å². The van der Waals surface area contributed by atoms with Crippen molar-refractivity contribution in [3.05, 3.63) is 29.0 Å². The number of aromatic nitrogens is 1. The topological polar surface area (TPSA) is 50.3 Å². The molecule has 0 unspecified atom stereocenters. The molecule has 2 rings (SSSR count). The van der Waals surface area contributed by atoms with Crippen LogP contribution in [-0.4, -0.2) is 34.7 Å². The summed E-state index contributed by atoms with van der Waals surface area (Å²) >= 11 is 5.89. The molecular weight excluding hydrogens is 228 g/mol. The maximum absolute atomic E-state index is 12.0. The molecule has 0 radical (unpaired) electrons. The fourth-order valence-corrected chi connectivity index (χ4v) is 1.88. The fourth-order valence-electron chi connectivity index (χ4n) is 1.68. The number of likely N-dealkylation sites (tertiary alicyclic amines) is 1. The average molecular weight is 239 g/mol. The van der Waals surface area contributed by atoms with E-state index in [1.165, 1.54) is 12.4 Å². The van der Waals surface area contributed by atoms with Crippen molar-refractivity contribution in [1.82, 2.24) is 9.88 Å². The summed E-state index contributed by atoms with van der Waals surface area (Å²) in [4.78, 5) is 28.6. The molecule has 2 heterocycles. The van der Waals surface area contributed by atoms with Crippen LogP contribution in [0.15, 0.2) is 18.5 Å². The normalized spacial score (nSPS) is 16.3. The van der Waals surface area contributed by atoms with Gasteiger partial charge in [-0.3, -0.25) is 14.6 Å². The smallest absolute Gasteiger partial charge is 0.255 e. The first-order valence-corrected chi connectivity index (χ1v) is 5.47. The fraction of sp³-hybridized carbons (Fsp3) is 0.364. The van der Waals surface area contributed by atoms with E-state index < -0.39 is 0 Å². The lowest BCUT2D eigenvalue weighted by atomic mass is 10.1. The average Bonchev–Trinajstić information content (AvgIpc) is 2.30. The third-order valence-electron chi connectivity index (χ3n) is 2.61. The van der Waals surface area contributed by atoms with Crippen LogP contribution in [-0.2, 0) is 4.79 Å². The molecule has 0 spiro atoms. The predicted octanol–water partition coefficient (Wildman–Crippen LogP) is 1.54. The highest BCUT2D eigenvalue weighted by Gasteiger charge is 2.23. The minimum absolute atomic E-state index is 0.125. The Bertz CT molecular complexity index is 424. The number of Topliss-reactive ketones (excluding diaryl/α,β-unsaturated/α-hetero) is 1. The van der Waals surface area contributed by atoms with Gasteiger partial charge >= 0.3 is 0 Å². The molecule has 0 saturated carbocycles. The molecule has 1 saturated heterocycles. The van der Waals surface area contributed by atoms with Gasteiger partial charge in [-0.05, 0) is 6.07 Å². The molecular formula is C11H11ClN2O2. The number of hydrogen-bond donors (Lipinski definition) is 0. The quantitative estimate of drug-likeness (QED) is 0.746. The summed E-state index contributed by atoms with van der Waals surface area (Å²) < 4.78 is 0. The summed E-state index contributed by atoms with van der Waals surface area (Å²) in [6, 6.07) is 1.60. The first kappa shape index (κ1) is 11.1. The van der Waals surface area contributed by atoms with Crippen molar-refractivity contribution in [2.75, 3.05) is 13.1 Å². The minimum Gasteiger partial charge on any atom is -0.338 e. The van der Waals surface area contributed by atoms with E-state index >= 15 is 0 Å². The van der Waals surface area contributed by atoms with Gasteiger partial charge < -0.3 is 4.90 Å². The van der Waals surface area contributed by atoms with Gasteiger partial charge in [-0.25, -0.2) is 0 Å². The third-order valence-corrected chi connectivity index (χ3v) is 2.91. The molecule has 1 aromatic heterocycles. The Morgan fingerprint density at radius 1 is 1.38 bits per heavy atom. The molecule has 1 aliphatic heterocycles. The zero-order valence-electron chi connectivity index (χ0n) is 8.65. The van der Waals surface area contributed by atoms with E-state index in [1.54, 1.807) is 11.0 Å². The Morgan fingerprint density at radius 2 is 2.06 bits per heavy atom. The van der Waals surface area contributed by atoms with E-state index in [1.807, 2.05) is 0 Å². The van der Waals surface area contributed by atoms with Crippen LogP contribution in [0.3, 0.4) is 0 Å². The summed E-state index contributed by atoms with van der Waals surface area (Å²) in [5.41, 5.74) is 0.450. The molecule has 1 amide bonds. The van der Waals surface area contributed by atoms with Gasteiger partial charge in [0.05, 0.1) is 10.6 Å². The number of rotatable bonds is 1. The second kappa shape index (κ2) is 4.61. The Labute approximate surface area is 98.2 Å². The van der Waals surface area contributed by atoms with Crippen LogP contribution < -0.4 is 0 Å². The number of halogens is 1. The van der Waals surface area contributed by atoms with Gasteiger partial charge in [-0.1, -0.05) is 11.6 Å². The van der Waals surface area contributed by atoms with Crippen molar-refractivity contribution < 1.29 is 9.59 Å². The van der Waals surface area contributed by atoms with Gasteiger partial charge in [0.25, 0.3) is 5.91 Å². The first-order chi connectivity index (χ1) is 7.68. The molecule has 1 aliphatic rings. The monoisotopic (exact) mass is 238 g/mol. The summed E-state index contributed by atoms with van der Waals surface area (Å²) in [7, 11) is 0. The lowest BCUT2D eigenvalue weighted by Gasteiger charge is -2.26. The highest BCUT2D eigenvalue weighted by Crippen LogP contribution is 2.17. The summed E-state index contributed by atoms with van der Waals surface area (Å²) in [5, 5.41) is 0.351. The van der Waals surface area contributed by atoms with Crippen LogP contribution in [0.4, 0.5) is 0 Å². The van der Waals surface area contributed by atoms with E-state index in [9.17, 15) is 9.59 Å². The summed E-state index contributed by atoms with van der Waals surface area (Å²) in [6.07, 6.45) is 3.86. The molecule has 16 heavy (non-hydrogen) atoms. The van der Waals surface area contributed by atoms with Crippen molar-refractivity contribution in [1.29, 1.82) is 0 Å². The van der Waals surface area contributed by atoms with Gasteiger partial charge in [0.1, 0.15) is 5.78 Å². The zero-order valence-corrected chi connectivity index (χ0v) is 9.41. The second-order valence-electron chi connectivity index (χ2n) is 3.69. The van der Waals surface area contributed by atoms with Crippen LogP contribution in [0.25, 0.3) is 0 Å². The molecule has 4 nitrogen and oxygen atoms in total. The Morgan fingerprint density at radius 3 is 2.69 bits per heavy atom. The van der Waals surface area contributed by atoms with Crippen molar-refractivity contribution in [3.8, 4) is 0 Å². The number of nitrogens with zero attached hydrogens (tertiary/aromatic N) is 2. The number of carbonyl (C=O) groups excluding carboxylic acids is 2. The lowest BCUT2D eigenvalue weighted by Crippen LogP contribution is -2.38. The summed E-state index contributed by atoms with van der Waals surface area (Å²) in [5.74, 6) is 0.0878. The number of amides is 1. The van der Waals surface area contributed by atoms with Crippen LogP contribution in [0.2, 0.25) is 5.02 Å². The van der Waals surface area contributed by atoms with E-state index in [0.717, 1.165) is 0 Å². The number of pyridine rings is 1. The maximum Gasteiger partial charge on any atom is 0.255 e. The molecule has 1 fully saturated rings. The highest BCUT2D eigenvalue weighted by atomic mass is 35.5. The van der Waals surface area contributed by atoms with Crippen LogP contribution in [0, 0.1) is 0 Å². The standard InChI is InChI=1S/C11H11ClN2O2/c12-10-7-13-4-1-9(10)11(16)14-5-2-8(15)3-6-14/h1,4,7H,2-3,5-6H2. The van der Waals surface area contributed by atoms with Crippen LogP contribution in [0.1, 0.15) is 23.2 Å². The SMILES string of the molecule is O=C1CCN(C(=O)c2ccncc2Cl)CC1. The number of hydrogen-bond acceptors (Lipinski definition) is 3. The van der Waals surface area contributed by atoms with Gasteiger partial charge in [-0.2, -0.15) is 0 Å². The lowest BCUT2D eigenvalue weighted by molar-refractivity contribution is -0.120.